The quantitative estimate of drug-likeness (QED) is 0.780. The first-order valence-electron chi connectivity index (χ1n) is 8.21. The van der Waals surface area contributed by atoms with Crippen LogP contribution in [0.2, 0.25) is 0 Å². The minimum atomic E-state index is -0.454. The van der Waals surface area contributed by atoms with Gasteiger partial charge in [-0.1, -0.05) is 19.4 Å². The van der Waals surface area contributed by atoms with Crippen LogP contribution in [0.5, 0.6) is 0 Å². The lowest BCUT2D eigenvalue weighted by molar-refractivity contribution is 0.0526. The van der Waals surface area contributed by atoms with E-state index in [0.717, 1.165) is 12.8 Å². The average molecular weight is 343 g/mol. The number of hydrogen-bond donors (Lipinski definition) is 1. The van der Waals surface area contributed by atoms with Gasteiger partial charge in [0.05, 0.1) is 12.2 Å². The molecule has 0 radical (unpaired) electrons. The molecule has 2 aromatic rings. The lowest BCUT2D eigenvalue weighted by atomic mass is 10.2. The van der Waals surface area contributed by atoms with Crippen LogP contribution in [0, 0.1) is 0 Å². The van der Waals surface area contributed by atoms with Gasteiger partial charge >= 0.3 is 5.97 Å². The highest BCUT2D eigenvalue weighted by atomic mass is 16.5. The van der Waals surface area contributed by atoms with E-state index < -0.39 is 11.9 Å². The number of ether oxygens (including phenoxy) is 1. The molecular weight excluding hydrogens is 322 g/mol. The fraction of sp³-hybridized carbons (Fsp3) is 0.333. The number of carbonyl (C=O) groups is 2. The maximum atomic E-state index is 12.4. The van der Waals surface area contributed by atoms with E-state index >= 15 is 0 Å². The number of amides is 1. The van der Waals surface area contributed by atoms with Gasteiger partial charge in [-0.3, -0.25) is 9.59 Å². The minimum Gasteiger partial charge on any atom is -0.462 e. The van der Waals surface area contributed by atoms with Gasteiger partial charge < -0.3 is 10.1 Å². The van der Waals surface area contributed by atoms with Crippen LogP contribution >= 0.6 is 0 Å². The lowest BCUT2D eigenvalue weighted by Crippen LogP contribution is -2.26. The second-order valence-electron chi connectivity index (χ2n) is 5.39. The zero-order chi connectivity index (χ0) is 18.2. The molecule has 0 aliphatic heterocycles. The van der Waals surface area contributed by atoms with Gasteiger partial charge in [-0.15, -0.1) is 0 Å². The summed E-state index contributed by atoms with van der Waals surface area (Å²) in [7, 11) is 0. The zero-order valence-corrected chi connectivity index (χ0v) is 14.3. The van der Waals surface area contributed by atoms with Gasteiger partial charge in [-0.05, 0) is 37.6 Å². The van der Waals surface area contributed by atoms with Gasteiger partial charge in [0.1, 0.15) is 5.69 Å². The first-order chi connectivity index (χ1) is 12.0. The third kappa shape index (κ3) is 5.00. The fourth-order valence-electron chi connectivity index (χ4n) is 2.17. The number of esters is 1. The van der Waals surface area contributed by atoms with Crippen molar-refractivity contribution >= 4 is 17.6 Å². The summed E-state index contributed by atoms with van der Waals surface area (Å²) in [6, 6.07) is 9.16. The smallest absolute Gasteiger partial charge is 0.338 e. The maximum absolute atomic E-state index is 12.4. The topological polar surface area (TPSA) is 90.3 Å². The minimum absolute atomic E-state index is 0.136. The molecule has 7 heteroatoms. The van der Waals surface area contributed by atoms with Crippen LogP contribution in [-0.4, -0.2) is 28.3 Å². The summed E-state index contributed by atoms with van der Waals surface area (Å²) in [5.41, 5.74) is 0.690. The third-order valence-corrected chi connectivity index (χ3v) is 3.45. The van der Waals surface area contributed by atoms with Gasteiger partial charge in [0.15, 0.2) is 0 Å². The Morgan fingerprint density at radius 1 is 1.20 bits per heavy atom. The molecule has 0 saturated carbocycles. The number of aromatic nitrogens is 2. The number of hydrogen-bond acceptors (Lipinski definition) is 5. The highest BCUT2D eigenvalue weighted by molar-refractivity contribution is 6.03. The predicted molar refractivity (Wildman–Crippen MR) is 93.8 cm³/mol. The van der Waals surface area contributed by atoms with Crippen molar-refractivity contribution in [3.8, 4) is 0 Å². The fourth-order valence-corrected chi connectivity index (χ4v) is 2.17. The summed E-state index contributed by atoms with van der Waals surface area (Å²) in [6.45, 7) is 4.48. The van der Waals surface area contributed by atoms with Crippen LogP contribution in [0.15, 0.2) is 41.2 Å². The molecule has 0 spiro atoms. The zero-order valence-electron chi connectivity index (χ0n) is 14.3. The van der Waals surface area contributed by atoms with Crippen LogP contribution < -0.4 is 10.9 Å². The van der Waals surface area contributed by atoms with Crippen LogP contribution in [0.3, 0.4) is 0 Å². The van der Waals surface area contributed by atoms with Crippen LogP contribution in [0.1, 0.15) is 47.5 Å². The van der Waals surface area contributed by atoms with E-state index in [-0.39, 0.29) is 17.9 Å². The summed E-state index contributed by atoms with van der Waals surface area (Å²) >= 11 is 0. The molecule has 1 heterocycles. The number of rotatable bonds is 7. The van der Waals surface area contributed by atoms with Crippen molar-refractivity contribution in [2.24, 2.45) is 0 Å². The van der Waals surface area contributed by atoms with Crippen molar-refractivity contribution in [3.05, 3.63) is 58.0 Å². The molecule has 2 rings (SSSR count). The maximum Gasteiger partial charge on any atom is 0.338 e. The van der Waals surface area contributed by atoms with E-state index in [1.807, 2.05) is 6.92 Å². The molecule has 7 nitrogen and oxygen atoms in total. The van der Waals surface area contributed by atoms with Crippen molar-refractivity contribution in [3.63, 3.8) is 0 Å². The molecule has 1 aromatic carbocycles. The average Bonchev–Trinajstić information content (AvgIpc) is 2.61. The number of anilines is 1. The Morgan fingerprint density at radius 2 is 2.00 bits per heavy atom. The van der Waals surface area contributed by atoms with Crippen molar-refractivity contribution < 1.29 is 14.3 Å². The van der Waals surface area contributed by atoms with E-state index in [2.05, 4.69) is 10.4 Å². The van der Waals surface area contributed by atoms with E-state index in [1.165, 1.54) is 22.9 Å². The summed E-state index contributed by atoms with van der Waals surface area (Å²) in [5.74, 6) is -0.906. The number of unbranched alkanes of at least 4 members (excludes halogenated alkanes) is 1. The van der Waals surface area contributed by atoms with Gasteiger partial charge in [0.25, 0.3) is 11.5 Å². The van der Waals surface area contributed by atoms with Gasteiger partial charge in [0.2, 0.25) is 0 Å². The summed E-state index contributed by atoms with van der Waals surface area (Å²) in [5, 5.41) is 6.77. The molecule has 0 unspecified atom stereocenters. The monoisotopic (exact) mass is 343 g/mol. The summed E-state index contributed by atoms with van der Waals surface area (Å²) in [4.78, 5) is 35.9. The summed E-state index contributed by atoms with van der Waals surface area (Å²) in [6.07, 6.45) is 1.73. The Hall–Kier alpha value is -2.96. The lowest BCUT2D eigenvalue weighted by Gasteiger charge is -2.08. The number of aryl methyl sites for hydroxylation is 1. The van der Waals surface area contributed by atoms with Crippen LogP contribution in [-0.2, 0) is 11.3 Å². The van der Waals surface area contributed by atoms with Gasteiger partial charge in [0, 0.05) is 18.3 Å². The number of carbonyl (C=O) groups excluding carboxylic acids is 2. The SMILES string of the molecule is CCCCn1nc(C(=O)Nc2cccc(C(=O)OCC)c2)ccc1=O. The highest BCUT2D eigenvalue weighted by Gasteiger charge is 2.12. The first kappa shape index (κ1) is 18.4. The van der Waals surface area contributed by atoms with Crippen LogP contribution in [0.4, 0.5) is 5.69 Å². The molecule has 1 N–H and O–H groups in total. The molecule has 0 aliphatic carbocycles. The largest absolute Gasteiger partial charge is 0.462 e. The Kier molecular flexibility index (Phi) is 6.45. The third-order valence-electron chi connectivity index (χ3n) is 3.45. The van der Waals surface area contributed by atoms with Crippen molar-refractivity contribution in [2.45, 2.75) is 33.2 Å². The van der Waals surface area contributed by atoms with E-state index in [0.29, 0.717) is 17.8 Å². The number of nitrogens with one attached hydrogen (secondary N) is 1. The molecule has 25 heavy (non-hydrogen) atoms. The number of nitrogens with zero attached hydrogens (tertiary/aromatic N) is 2. The Morgan fingerprint density at radius 3 is 2.72 bits per heavy atom. The van der Waals surface area contributed by atoms with Crippen LogP contribution in [0.25, 0.3) is 0 Å². The van der Waals surface area contributed by atoms with E-state index in [4.69, 9.17) is 4.74 Å². The van der Waals surface area contributed by atoms with E-state index in [9.17, 15) is 14.4 Å². The normalized spacial score (nSPS) is 10.3. The molecule has 0 aliphatic rings. The Bertz CT molecular complexity index is 814. The highest BCUT2D eigenvalue weighted by Crippen LogP contribution is 2.12. The van der Waals surface area contributed by atoms with Gasteiger partial charge in [-0.25, -0.2) is 9.48 Å². The first-order valence-corrected chi connectivity index (χ1v) is 8.21. The molecule has 0 atom stereocenters. The standard InChI is InChI=1S/C18H21N3O4/c1-3-5-11-21-16(22)10-9-15(20-21)17(23)19-14-8-6-7-13(12-14)18(24)25-4-2/h6-10,12H,3-5,11H2,1-2H3,(H,19,23). The Balaban J connectivity index is 2.15. The number of benzene rings is 1. The second-order valence-corrected chi connectivity index (χ2v) is 5.39. The molecule has 0 saturated heterocycles. The van der Waals surface area contributed by atoms with Gasteiger partial charge in [-0.2, -0.15) is 5.10 Å². The predicted octanol–water partition coefficient (Wildman–Crippen LogP) is 2.47. The molecule has 0 fully saturated rings. The molecular formula is C18H21N3O4. The second kappa shape index (κ2) is 8.77. The summed E-state index contributed by atoms with van der Waals surface area (Å²) < 4.78 is 6.22. The Labute approximate surface area is 145 Å². The van der Waals surface area contributed by atoms with Crippen molar-refractivity contribution in [1.82, 2.24) is 9.78 Å². The van der Waals surface area contributed by atoms with E-state index in [1.54, 1.807) is 25.1 Å². The van der Waals surface area contributed by atoms with Crippen molar-refractivity contribution in [2.75, 3.05) is 11.9 Å². The molecule has 0 bridgehead atoms. The molecule has 1 amide bonds. The van der Waals surface area contributed by atoms with Crippen molar-refractivity contribution in [1.29, 1.82) is 0 Å². The molecule has 1 aromatic heterocycles. The molecule has 132 valence electrons.